The molecule has 9 heteroatoms. The summed E-state index contributed by atoms with van der Waals surface area (Å²) in [5.41, 5.74) is 0.00480. The molecule has 191 valence electrons. The highest BCUT2D eigenvalue weighted by Crippen LogP contribution is 2.38. The molecule has 2 rings (SSSR count). The number of nitrogens with one attached hydrogen (secondary N) is 2. The van der Waals surface area contributed by atoms with Crippen LogP contribution in [-0.4, -0.2) is 25.3 Å². The van der Waals surface area contributed by atoms with Crippen molar-refractivity contribution in [1.82, 2.24) is 10.6 Å². The van der Waals surface area contributed by atoms with Gasteiger partial charge in [0.15, 0.2) is 0 Å². The lowest BCUT2D eigenvalue weighted by molar-refractivity contribution is -0.137. The van der Waals surface area contributed by atoms with E-state index in [0.29, 0.717) is 36.6 Å². The van der Waals surface area contributed by atoms with E-state index in [1.807, 2.05) is 13.8 Å². The number of hydrogen-bond donors (Lipinski definition) is 2. The van der Waals surface area contributed by atoms with Crippen LogP contribution in [-0.2, 0) is 6.18 Å². The molecule has 0 atom stereocenters. The predicted molar refractivity (Wildman–Crippen MR) is 127 cm³/mol. The molecule has 0 saturated heterocycles. The van der Waals surface area contributed by atoms with Crippen LogP contribution in [0.2, 0.25) is 0 Å². The summed E-state index contributed by atoms with van der Waals surface area (Å²) in [6.07, 6.45) is -2.13. The minimum atomic E-state index is -4.49. The molecule has 0 unspecified atom stereocenters. The summed E-state index contributed by atoms with van der Waals surface area (Å²) in [6, 6.07) is 9.45. The zero-order valence-electron chi connectivity index (χ0n) is 20.3. The summed E-state index contributed by atoms with van der Waals surface area (Å²) < 4.78 is 50.7. The molecule has 35 heavy (non-hydrogen) atoms. The molecule has 0 aliphatic carbocycles. The van der Waals surface area contributed by atoms with Gasteiger partial charge in [-0.3, -0.25) is 0 Å². The van der Waals surface area contributed by atoms with Gasteiger partial charge in [-0.05, 0) is 37.0 Å². The molecule has 0 spiro atoms. The number of ether oxygens (including phenoxy) is 2. The number of alkyl halides is 3. The number of hydrogen-bond acceptors (Lipinski definition) is 4. The highest BCUT2D eigenvalue weighted by molar-refractivity contribution is 5.73. The van der Waals surface area contributed by atoms with Crippen molar-refractivity contribution in [2.75, 3.05) is 13.1 Å². The Bertz CT molecular complexity index is 979. The molecule has 0 saturated carbocycles. The summed E-state index contributed by atoms with van der Waals surface area (Å²) in [5, 5.41) is 5.27. The topological polar surface area (TPSA) is 76.7 Å². The fraction of sp³-hybridized carbons (Fsp3) is 0.423. The van der Waals surface area contributed by atoms with Gasteiger partial charge in [0.05, 0.1) is 5.56 Å². The van der Waals surface area contributed by atoms with Gasteiger partial charge in [0.25, 0.3) is 0 Å². The van der Waals surface area contributed by atoms with Gasteiger partial charge < -0.3 is 20.1 Å². The quantitative estimate of drug-likeness (QED) is 0.335. The molecule has 0 aliphatic heterocycles. The zero-order valence-corrected chi connectivity index (χ0v) is 20.3. The molecule has 0 aromatic heterocycles. The summed E-state index contributed by atoms with van der Waals surface area (Å²) in [7, 11) is 0. The van der Waals surface area contributed by atoms with Crippen molar-refractivity contribution in [3.05, 3.63) is 65.1 Å². The summed E-state index contributed by atoms with van der Waals surface area (Å²) in [6.45, 7) is 6.65. The molecule has 0 aliphatic rings. The lowest BCUT2D eigenvalue weighted by Gasteiger charge is -2.20. The van der Waals surface area contributed by atoms with Crippen molar-refractivity contribution in [2.24, 2.45) is 0 Å². The van der Waals surface area contributed by atoms with Gasteiger partial charge in [0.1, 0.15) is 11.5 Å². The summed E-state index contributed by atoms with van der Waals surface area (Å²) >= 11 is 0. The van der Waals surface area contributed by atoms with E-state index in [9.17, 15) is 22.8 Å². The molecule has 1 radical (unpaired) electrons. The number of carbonyl (C=O) groups is 2. The Morgan fingerprint density at radius 1 is 0.857 bits per heavy atom. The number of carbonyl (C=O) groups excluding carboxylic acids is 2. The third kappa shape index (κ3) is 8.81. The normalized spacial score (nSPS) is 11.3. The number of halogens is 3. The smallest absolute Gasteiger partial charge is 0.410 e. The van der Waals surface area contributed by atoms with Crippen LogP contribution < -0.4 is 20.1 Å². The lowest BCUT2D eigenvalue weighted by Crippen LogP contribution is -2.29. The van der Waals surface area contributed by atoms with Crippen LogP contribution in [0.25, 0.3) is 0 Å². The molecule has 2 N–H and O–H groups in total. The molecular formula is C26H32F3N2O4. The second-order valence-corrected chi connectivity index (χ2v) is 7.91. The average molecular weight is 494 g/mol. The van der Waals surface area contributed by atoms with E-state index in [4.69, 9.17) is 9.47 Å². The molecule has 0 bridgehead atoms. The van der Waals surface area contributed by atoms with Crippen molar-refractivity contribution in [2.45, 2.75) is 59.1 Å². The van der Waals surface area contributed by atoms with E-state index < -0.39 is 23.9 Å². The SMILES string of the molecule is CCCCNC(=O)Oc1ccc([C](CC)c2cccc(C(F)(F)F)c2)c(OC(=O)NCCCC)c1. The molecule has 0 heterocycles. The standard InChI is InChI=1S/C26H32F3N2O4/c1-4-7-14-30-24(32)34-20-12-13-22(23(17-20)35-25(33)31-15-8-5-2)21(6-3)18-10-9-11-19(16-18)26(27,28)29/h9-13,16-17H,4-8,14-15H2,1-3H3,(H,30,32)(H,31,33). The molecule has 6 nitrogen and oxygen atoms in total. The Morgan fingerprint density at radius 2 is 1.49 bits per heavy atom. The van der Waals surface area contributed by atoms with Crippen LogP contribution in [0.15, 0.2) is 42.5 Å². The number of rotatable bonds is 11. The first-order valence-electron chi connectivity index (χ1n) is 11.8. The van der Waals surface area contributed by atoms with Crippen LogP contribution in [0.4, 0.5) is 22.8 Å². The highest BCUT2D eigenvalue weighted by Gasteiger charge is 2.31. The molecule has 2 amide bonds. The van der Waals surface area contributed by atoms with E-state index in [1.54, 1.807) is 19.1 Å². The van der Waals surface area contributed by atoms with Gasteiger partial charge >= 0.3 is 18.4 Å². The van der Waals surface area contributed by atoms with E-state index >= 15 is 0 Å². The van der Waals surface area contributed by atoms with Crippen molar-refractivity contribution >= 4 is 12.2 Å². The molecular weight excluding hydrogens is 461 g/mol. The number of amides is 2. The Labute approximate surface area is 204 Å². The van der Waals surface area contributed by atoms with Crippen LogP contribution in [0.3, 0.4) is 0 Å². The van der Waals surface area contributed by atoms with Crippen LogP contribution in [0.1, 0.15) is 69.6 Å². The summed E-state index contributed by atoms with van der Waals surface area (Å²) in [4.78, 5) is 24.4. The van der Waals surface area contributed by atoms with Gasteiger partial charge in [-0.2, -0.15) is 13.2 Å². The van der Waals surface area contributed by atoms with E-state index in [1.165, 1.54) is 18.2 Å². The van der Waals surface area contributed by atoms with Crippen LogP contribution in [0.5, 0.6) is 11.5 Å². The number of unbranched alkanes of at least 4 members (excludes halogenated alkanes) is 2. The minimum Gasteiger partial charge on any atom is -0.410 e. The first kappa shape index (κ1) is 28.0. The molecule has 2 aromatic rings. The third-order valence-corrected chi connectivity index (χ3v) is 5.18. The first-order valence-corrected chi connectivity index (χ1v) is 11.8. The van der Waals surface area contributed by atoms with Gasteiger partial charge in [-0.1, -0.05) is 57.9 Å². The van der Waals surface area contributed by atoms with Crippen LogP contribution >= 0.6 is 0 Å². The highest BCUT2D eigenvalue weighted by atomic mass is 19.4. The largest absolute Gasteiger partial charge is 0.416 e. The second-order valence-electron chi connectivity index (χ2n) is 7.91. The fourth-order valence-corrected chi connectivity index (χ4v) is 3.35. The van der Waals surface area contributed by atoms with Crippen molar-refractivity contribution in [3.63, 3.8) is 0 Å². The van der Waals surface area contributed by atoms with Crippen molar-refractivity contribution < 1.29 is 32.2 Å². The van der Waals surface area contributed by atoms with E-state index in [2.05, 4.69) is 10.6 Å². The second kappa shape index (κ2) is 13.6. The maximum absolute atomic E-state index is 13.3. The van der Waals surface area contributed by atoms with Crippen LogP contribution in [0, 0.1) is 5.92 Å². The Balaban J connectivity index is 2.38. The third-order valence-electron chi connectivity index (χ3n) is 5.18. The minimum absolute atomic E-state index is 0.0760. The van der Waals surface area contributed by atoms with E-state index in [-0.39, 0.29) is 11.5 Å². The Morgan fingerprint density at radius 3 is 2.06 bits per heavy atom. The van der Waals surface area contributed by atoms with Gasteiger partial charge in [0.2, 0.25) is 0 Å². The number of benzene rings is 2. The summed E-state index contributed by atoms with van der Waals surface area (Å²) in [5.74, 6) is 0.761. The average Bonchev–Trinajstić information content (AvgIpc) is 2.81. The van der Waals surface area contributed by atoms with Crippen molar-refractivity contribution in [1.29, 1.82) is 0 Å². The zero-order chi connectivity index (χ0) is 25.8. The Hall–Kier alpha value is -3.23. The maximum Gasteiger partial charge on any atom is 0.416 e. The Kier molecular flexibility index (Phi) is 10.9. The van der Waals surface area contributed by atoms with Crippen molar-refractivity contribution in [3.8, 4) is 11.5 Å². The van der Waals surface area contributed by atoms with Gasteiger partial charge in [-0.25, -0.2) is 9.59 Å². The fourth-order valence-electron chi connectivity index (χ4n) is 3.35. The van der Waals surface area contributed by atoms with Gasteiger partial charge in [0, 0.05) is 30.6 Å². The maximum atomic E-state index is 13.3. The lowest BCUT2D eigenvalue weighted by atomic mass is 9.87. The monoisotopic (exact) mass is 493 g/mol. The molecule has 0 fully saturated rings. The van der Waals surface area contributed by atoms with E-state index in [0.717, 1.165) is 37.8 Å². The first-order chi connectivity index (χ1) is 16.7. The predicted octanol–water partition coefficient (Wildman–Crippen LogP) is 6.86. The van der Waals surface area contributed by atoms with Gasteiger partial charge in [-0.15, -0.1) is 0 Å². The molecule has 2 aromatic carbocycles.